The second-order valence-electron chi connectivity index (χ2n) is 7.52. The molecule has 0 bridgehead atoms. The average molecular weight is 391 g/mol. The molecule has 0 unspecified atom stereocenters. The van der Waals surface area contributed by atoms with Crippen molar-refractivity contribution in [2.45, 2.75) is 20.3 Å². The summed E-state index contributed by atoms with van der Waals surface area (Å²) in [6.07, 6.45) is 2.90. The van der Waals surface area contributed by atoms with Crippen LogP contribution in [0.1, 0.15) is 36.6 Å². The van der Waals surface area contributed by atoms with E-state index in [1.807, 2.05) is 31.3 Å². The molecule has 2 aromatic heterocycles. The van der Waals surface area contributed by atoms with Gasteiger partial charge >= 0.3 is 0 Å². The van der Waals surface area contributed by atoms with Crippen molar-refractivity contribution in [3.05, 3.63) is 77.2 Å². The largest absolute Gasteiger partial charge is 0.355 e. The fourth-order valence-corrected chi connectivity index (χ4v) is 3.61. The fourth-order valence-electron chi connectivity index (χ4n) is 3.61. The van der Waals surface area contributed by atoms with Crippen molar-refractivity contribution < 1.29 is 7.65 Å². The minimum Gasteiger partial charge on any atom is -0.355 e. The number of aryl methyl sites for hydroxylation is 2. The third kappa shape index (κ3) is 4.35. The van der Waals surface area contributed by atoms with Gasteiger partial charge in [0.25, 0.3) is 0 Å². The zero-order valence-corrected chi connectivity index (χ0v) is 17.0. The van der Waals surface area contributed by atoms with Gasteiger partial charge in [0.1, 0.15) is 11.5 Å². The number of anilines is 1. The first-order chi connectivity index (χ1) is 14.1. The molecule has 0 saturated carbocycles. The third-order valence-corrected chi connectivity index (χ3v) is 5.35. The van der Waals surface area contributed by atoms with Crippen molar-refractivity contribution in [3.63, 3.8) is 0 Å². The van der Waals surface area contributed by atoms with E-state index >= 15 is 0 Å². The number of aromatic nitrogens is 2. The molecule has 1 aromatic carbocycles. The van der Waals surface area contributed by atoms with Crippen LogP contribution in [0, 0.1) is 13.8 Å². The third-order valence-electron chi connectivity index (χ3n) is 5.35. The SMILES string of the molecule is Cc1ccc(-c2cnc(C)c(C(=O)c3cccc(N4CCCNCC4)n3)c2)cc1.[HH].[HH]. The molecular weight excluding hydrogens is 360 g/mol. The van der Waals surface area contributed by atoms with Gasteiger partial charge in [-0.3, -0.25) is 9.78 Å². The van der Waals surface area contributed by atoms with Crippen LogP contribution in [-0.2, 0) is 0 Å². The van der Waals surface area contributed by atoms with Gasteiger partial charge in [-0.05, 0) is 50.6 Å². The summed E-state index contributed by atoms with van der Waals surface area (Å²) in [6.45, 7) is 7.73. The Bertz CT molecular complexity index is 1020. The van der Waals surface area contributed by atoms with Gasteiger partial charge in [-0.15, -0.1) is 0 Å². The highest BCUT2D eigenvalue weighted by Gasteiger charge is 2.18. The van der Waals surface area contributed by atoms with E-state index in [1.165, 1.54) is 5.56 Å². The molecule has 4 rings (SSSR count). The number of rotatable bonds is 4. The van der Waals surface area contributed by atoms with Gasteiger partial charge in [-0.2, -0.15) is 0 Å². The predicted molar refractivity (Wildman–Crippen MR) is 121 cm³/mol. The zero-order chi connectivity index (χ0) is 20.2. The standard InChI is InChI=1S/C24H26N4O.2H2/c1-17-7-9-19(10-8-17)20-15-21(18(2)26-16-20)24(29)22-5-3-6-23(27-22)28-13-4-11-25-12-14-28;;/h3,5-10,15-16,25H,4,11-14H2,1-2H3;2*1H. The van der Waals surface area contributed by atoms with Crippen molar-refractivity contribution in [2.24, 2.45) is 0 Å². The van der Waals surface area contributed by atoms with Gasteiger partial charge < -0.3 is 10.2 Å². The van der Waals surface area contributed by atoms with Crippen LogP contribution in [0.25, 0.3) is 11.1 Å². The van der Waals surface area contributed by atoms with E-state index < -0.39 is 0 Å². The summed E-state index contributed by atoms with van der Waals surface area (Å²) in [6, 6.07) is 15.9. The predicted octanol–water partition coefficient (Wildman–Crippen LogP) is 4.28. The van der Waals surface area contributed by atoms with Crippen molar-refractivity contribution >= 4 is 11.6 Å². The Morgan fingerprint density at radius 1 is 1.03 bits per heavy atom. The summed E-state index contributed by atoms with van der Waals surface area (Å²) >= 11 is 0. The van der Waals surface area contributed by atoms with Crippen LogP contribution < -0.4 is 10.2 Å². The molecule has 1 aliphatic heterocycles. The van der Waals surface area contributed by atoms with Gasteiger partial charge in [0.15, 0.2) is 0 Å². The van der Waals surface area contributed by atoms with Crippen LogP contribution in [0.2, 0.25) is 0 Å². The monoisotopic (exact) mass is 390 g/mol. The first-order valence-corrected chi connectivity index (χ1v) is 10.1. The lowest BCUT2D eigenvalue weighted by atomic mass is 10.00. The highest BCUT2D eigenvalue weighted by atomic mass is 16.1. The van der Waals surface area contributed by atoms with Gasteiger partial charge in [-0.1, -0.05) is 35.9 Å². The molecule has 1 N–H and O–H groups in total. The molecule has 0 radical (unpaired) electrons. The number of nitrogens with zero attached hydrogens (tertiary/aromatic N) is 3. The van der Waals surface area contributed by atoms with E-state index in [2.05, 4.69) is 46.4 Å². The van der Waals surface area contributed by atoms with Crippen LogP contribution in [0.15, 0.2) is 54.7 Å². The quantitative estimate of drug-likeness (QED) is 0.674. The Hall–Kier alpha value is -3.05. The number of nitrogens with one attached hydrogen (secondary N) is 1. The number of carbonyl (C=O) groups excluding carboxylic acids is 1. The Morgan fingerprint density at radius 2 is 1.86 bits per heavy atom. The van der Waals surface area contributed by atoms with E-state index in [0.717, 1.165) is 55.2 Å². The second kappa shape index (κ2) is 8.53. The molecule has 0 atom stereocenters. The van der Waals surface area contributed by atoms with Crippen molar-refractivity contribution in [3.8, 4) is 11.1 Å². The van der Waals surface area contributed by atoms with E-state index in [-0.39, 0.29) is 8.64 Å². The lowest BCUT2D eigenvalue weighted by molar-refractivity contribution is 0.103. The molecule has 5 nitrogen and oxygen atoms in total. The number of ketones is 1. The van der Waals surface area contributed by atoms with Crippen LogP contribution in [0.4, 0.5) is 5.82 Å². The molecule has 3 aromatic rings. The van der Waals surface area contributed by atoms with Crippen molar-refractivity contribution in [1.82, 2.24) is 15.3 Å². The normalized spacial score (nSPS) is 14.5. The molecule has 5 heteroatoms. The number of hydrogen-bond donors (Lipinski definition) is 1. The summed E-state index contributed by atoms with van der Waals surface area (Å²) in [5, 5.41) is 3.40. The number of pyridine rings is 2. The Balaban J connectivity index is 0.00000171. The smallest absolute Gasteiger partial charge is 0.213 e. The molecule has 0 aliphatic carbocycles. The molecule has 0 spiro atoms. The summed E-state index contributed by atoms with van der Waals surface area (Å²) in [5.41, 5.74) is 4.98. The van der Waals surface area contributed by atoms with Crippen LogP contribution in [0.3, 0.4) is 0 Å². The van der Waals surface area contributed by atoms with E-state index in [0.29, 0.717) is 11.3 Å². The Labute approximate surface area is 174 Å². The maximum atomic E-state index is 13.3. The zero-order valence-electron chi connectivity index (χ0n) is 17.0. The lowest BCUT2D eigenvalue weighted by Gasteiger charge is -2.21. The summed E-state index contributed by atoms with van der Waals surface area (Å²) in [7, 11) is 0. The van der Waals surface area contributed by atoms with Crippen molar-refractivity contribution in [1.29, 1.82) is 0 Å². The molecule has 0 amide bonds. The molecule has 29 heavy (non-hydrogen) atoms. The van der Waals surface area contributed by atoms with E-state index in [1.54, 1.807) is 6.07 Å². The topological polar surface area (TPSA) is 58.1 Å². The minimum absolute atomic E-state index is 0. The van der Waals surface area contributed by atoms with Gasteiger partial charge in [0, 0.05) is 45.5 Å². The molecule has 1 aliphatic rings. The number of benzene rings is 1. The first kappa shape index (κ1) is 19.3. The second-order valence-corrected chi connectivity index (χ2v) is 7.52. The van der Waals surface area contributed by atoms with Gasteiger partial charge in [-0.25, -0.2) is 4.98 Å². The van der Waals surface area contributed by atoms with Crippen molar-refractivity contribution in [2.75, 3.05) is 31.1 Å². The highest BCUT2D eigenvalue weighted by molar-refractivity contribution is 6.09. The van der Waals surface area contributed by atoms with E-state index in [4.69, 9.17) is 4.98 Å². The highest BCUT2D eigenvalue weighted by Crippen LogP contribution is 2.23. The lowest BCUT2D eigenvalue weighted by Crippen LogP contribution is -2.29. The minimum atomic E-state index is -0.0845. The maximum Gasteiger partial charge on any atom is 0.213 e. The first-order valence-electron chi connectivity index (χ1n) is 10.1. The summed E-state index contributed by atoms with van der Waals surface area (Å²) < 4.78 is 0. The van der Waals surface area contributed by atoms with Crippen LogP contribution in [0.5, 0.6) is 0 Å². The molecule has 3 heterocycles. The average Bonchev–Trinajstić information content (AvgIpc) is 3.04. The maximum absolute atomic E-state index is 13.3. The van der Waals surface area contributed by atoms with Gasteiger partial charge in [0.05, 0.1) is 0 Å². The fraction of sp³-hybridized carbons (Fsp3) is 0.292. The molecular formula is C24H30N4O. The Kier molecular flexibility index (Phi) is 5.67. The summed E-state index contributed by atoms with van der Waals surface area (Å²) in [4.78, 5) is 24.7. The Morgan fingerprint density at radius 3 is 2.69 bits per heavy atom. The van der Waals surface area contributed by atoms with Crippen LogP contribution in [-0.4, -0.2) is 41.9 Å². The number of hydrogen-bond acceptors (Lipinski definition) is 5. The van der Waals surface area contributed by atoms with Crippen LogP contribution >= 0.6 is 0 Å². The molecule has 1 fully saturated rings. The molecule has 1 saturated heterocycles. The van der Waals surface area contributed by atoms with E-state index in [9.17, 15) is 4.79 Å². The summed E-state index contributed by atoms with van der Waals surface area (Å²) in [5.74, 6) is 0.776. The number of carbonyl (C=O) groups is 1. The molecule has 152 valence electrons. The van der Waals surface area contributed by atoms with Gasteiger partial charge in [0.2, 0.25) is 5.78 Å².